The van der Waals surface area contributed by atoms with Crippen LogP contribution < -0.4 is 11.1 Å². The Morgan fingerprint density at radius 2 is 2.10 bits per heavy atom. The summed E-state index contributed by atoms with van der Waals surface area (Å²) in [7, 11) is 0. The summed E-state index contributed by atoms with van der Waals surface area (Å²) >= 11 is 0. The Labute approximate surface area is 130 Å². The van der Waals surface area contributed by atoms with Gasteiger partial charge in [0, 0.05) is 18.7 Å². The average molecular weight is 309 g/mol. The lowest BCUT2D eigenvalue weighted by molar-refractivity contribution is -0.116. The fourth-order valence-corrected chi connectivity index (χ4v) is 1.90. The quantitative estimate of drug-likeness (QED) is 0.892. The Morgan fingerprint density at radius 3 is 2.71 bits per heavy atom. The van der Waals surface area contributed by atoms with Crippen LogP contribution in [0.1, 0.15) is 25.5 Å². The molecule has 114 valence electrons. The summed E-state index contributed by atoms with van der Waals surface area (Å²) in [6.45, 7) is 3.83. The molecule has 21 heavy (non-hydrogen) atoms. The van der Waals surface area contributed by atoms with Gasteiger partial charge in [0.25, 0.3) is 0 Å². The first-order valence-electron chi connectivity index (χ1n) is 6.73. The van der Waals surface area contributed by atoms with Crippen molar-refractivity contribution in [3.8, 4) is 5.69 Å². The van der Waals surface area contributed by atoms with Crippen molar-refractivity contribution in [3.63, 3.8) is 0 Å². The van der Waals surface area contributed by atoms with Crippen molar-refractivity contribution in [1.29, 1.82) is 0 Å². The summed E-state index contributed by atoms with van der Waals surface area (Å²) in [4.78, 5) is 11.9. The Morgan fingerprint density at radius 1 is 1.38 bits per heavy atom. The summed E-state index contributed by atoms with van der Waals surface area (Å²) in [5.74, 6) is -0.0290. The predicted molar refractivity (Wildman–Crippen MR) is 87.1 cm³/mol. The lowest BCUT2D eigenvalue weighted by Gasteiger charge is -2.11. The minimum Gasteiger partial charge on any atom is -0.328 e. The smallest absolute Gasteiger partial charge is 0.224 e. The van der Waals surface area contributed by atoms with E-state index in [1.165, 1.54) is 0 Å². The van der Waals surface area contributed by atoms with Gasteiger partial charge in [-0.2, -0.15) is 5.10 Å². The molecule has 1 atom stereocenters. The molecule has 0 aliphatic heterocycles. The van der Waals surface area contributed by atoms with Crippen LogP contribution in [-0.2, 0) is 4.79 Å². The molecule has 2 aromatic rings. The molecule has 2 rings (SSSR count). The van der Waals surface area contributed by atoms with Crippen LogP contribution in [-0.4, -0.2) is 21.7 Å². The van der Waals surface area contributed by atoms with Gasteiger partial charge >= 0.3 is 0 Å². The Hall–Kier alpha value is -1.85. The van der Waals surface area contributed by atoms with Crippen molar-refractivity contribution in [2.24, 2.45) is 5.73 Å². The number of nitrogens with two attached hydrogens (primary N) is 1. The van der Waals surface area contributed by atoms with E-state index in [1.54, 1.807) is 4.68 Å². The maximum Gasteiger partial charge on any atom is 0.224 e. The zero-order valence-electron chi connectivity index (χ0n) is 12.2. The van der Waals surface area contributed by atoms with Crippen LogP contribution >= 0.6 is 12.4 Å². The SMILES string of the molecule is Cc1ccn(-c2ccccc2NC(=O)CCC(C)N)n1.Cl. The lowest BCUT2D eigenvalue weighted by atomic mass is 10.2. The van der Waals surface area contributed by atoms with E-state index in [0.717, 1.165) is 17.1 Å². The average Bonchev–Trinajstić information content (AvgIpc) is 2.83. The number of hydrogen-bond donors (Lipinski definition) is 2. The summed E-state index contributed by atoms with van der Waals surface area (Å²) < 4.78 is 1.76. The number of anilines is 1. The Kier molecular flexibility index (Phi) is 6.39. The van der Waals surface area contributed by atoms with Crippen molar-refractivity contribution < 1.29 is 4.79 Å². The van der Waals surface area contributed by atoms with Gasteiger partial charge in [0.1, 0.15) is 0 Å². The number of carbonyl (C=O) groups excluding carboxylic acids is 1. The molecule has 0 fully saturated rings. The van der Waals surface area contributed by atoms with Crippen molar-refractivity contribution >= 4 is 24.0 Å². The number of nitrogens with zero attached hydrogens (tertiary/aromatic N) is 2. The Bertz CT molecular complexity index is 595. The molecule has 0 bridgehead atoms. The van der Waals surface area contributed by atoms with Crippen LogP contribution in [0.15, 0.2) is 36.5 Å². The van der Waals surface area contributed by atoms with Gasteiger partial charge in [0.05, 0.1) is 17.1 Å². The molecule has 1 unspecified atom stereocenters. The van der Waals surface area contributed by atoms with Gasteiger partial charge < -0.3 is 11.1 Å². The third kappa shape index (κ3) is 4.88. The highest BCUT2D eigenvalue weighted by molar-refractivity contribution is 5.92. The van der Waals surface area contributed by atoms with Crippen LogP contribution in [0.5, 0.6) is 0 Å². The highest BCUT2D eigenvalue weighted by atomic mass is 35.5. The number of para-hydroxylation sites is 2. The summed E-state index contributed by atoms with van der Waals surface area (Å²) in [6.07, 6.45) is 2.97. The second-order valence-corrected chi connectivity index (χ2v) is 4.98. The molecule has 0 aliphatic rings. The predicted octanol–water partition coefficient (Wildman–Crippen LogP) is 2.67. The molecular formula is C15H21ClN4O. The van der Waals surface area contributed by atoms with Crippen molar-refractivity contribution in [2.75, 3.05) is 5.32 Å². The van der Waals surface area contributed by atoms with E-state index >= 15 is 0 Å². The number of hydrogen-bond acceptors (Lipinski definition) is 3. The Balaban J connectivity index is 0.00000220. The second-order valence-electron chi connectivity index (χ2n) is 4.98. The van der Waals surface area contributed by atoms with Gasteiger partial charge in [-0.1, -0.05) is 12.1 Å². The molecule has 1 amide bonds. The lowest BCUT2D eigenvalue weighted by Crippen LogP contribution is -2.20. The van der Waals surface area contributed by atoms with Gasteiger partial charge in [0.2, 0.25) is 5.91 Å². The van der Waals surface area contributed by atoms with Gasteiger partial charge in [-0.05, 0) is 38.5 Å². The van der Waals surface area contributed by atoms with E-state index < -0.39 is 0 Å². The fourth-order valence-electron chi connectivity index (χ4n) is 1.90. The van der Waals surface area contributed by atoms with E-state index in [4.69, 9.17) is 5.73 Å². The first-order chi connectivity index (χ1) is 9.56. The molecule has 1 aromatic carbocycles. The van der Waals surface area contributed by atoms with E-state index in [9.17, 15) is 4.79 Å². The van der Waals surface area contributed by atoms with E-state index in [1.807, 2.05) is 50.4 Å². The van der Waals surface area contributed by atoms with Crippen LogP contribution in [0, 0.1) is 6.92 Å². The maximum absolute atomic E-state index is 11.9. The minimum atomic E-state index is -0.0290. The molecule has 1 heterocycles. The maximum atomic E-state index is 11.9. The third-order valence-electron chi connectivity index (χ3n) is 2.97. The number of aromatic nitrogens is 2. The monoisotopic (exact) mass is 308 g/mol. The van der Waals surface area contributed by atoms with Crippen LogP contribution in [0.2, 0.25) is 0 Å². The number of aryl methyl sites for hydroxylation is 1. The van der Waals surface area contributed by atoms with Gasteiger partial charge in [-0.25, -0.2) is 4.68 Å². The normalized spacial score (nSPS) is 11.6. The van der Waals surface area contributed by atoms with Crippen LogP contribution in [0.4, 0.5) is 5.69 Å². The topological polar surface area (TPSA) is 72.9 Å². The number of benzene rings is 1. The largest absolute Gasteiger partial charge is 0.328 e. The van der Waals surface area contributed by atoms with Crippen molar-refractivity contribution in [3.05, 3.63) is 42.2 Å². The zero-order valence-corrected chi connectivity index (χ0v) is 13.1. The molecule has 3 N–H and O–H groups in total. The first-order valence-corrected chi connectivity index (χ1v) is 6.73. The van der Waals surface area contributed by atoms with E-state index in [0.29, 0.717) is 12.8 Å². The molecule has 0 radical (unpaired) electrons. The molecule has 0 aliphatic carbocycles. The van der Waals surface area contributed by atoms with Crippen LogP contribution in [0.3, 0.4) is 0 Å². The number of halogens is 1. The second kappa shape index (κ2) is 7.81. The molecule has 6 heteroatoms. The van der Waals surface area contributed by atoms with Gasteiger partial charge in [0.15, 0.2) is 0 Å². The summed E-state index contributed by atoms with van der Waals surface area (Å²) in [5.41, 5.74) is 8.21. The van der Waals surface area contributed by atoms with Crippen molar-refractivity contribution in [2.45, 2.75) is 32.7 Å². The third-order valence-corrected chi connectivity index (χ3v) is 2.97. The summed E-state index contributed by atoms with van der Waals surface area (Å²) in [5, 5.41) is 7.29. The van der Waals surface area contributed by atoms with Gasteiger partial charge in [-0.3, -0.25) is 4.79 Å². The highest BCUT2D eigenvalue weighted by Crippen LogP contribution is 2.19. The van der Waals surface area contributed by atoms with Crippen LogP contribution in [0.25, 0.3) is 5.69 Å². The van der Waals surface area contributed by atoms with Gasteiger partial charge in [-0.15, -0.1) is 12.4 Å². The molecule has 0 saturated carbocycles. The molecule has 0 saturated heterocycles. The highest BCUT2D eigenvalue weighted by Gasteiger charge is 2.09. The fraction of sp³-hybridized carbons (Fsp3) is 0.333. The number of nitrogens with one attached hydrogen (secondary N) is 1. The molecule has 5 nitrogen and oxygen atoms in total. The standard InChI is InChI=1S/C15H20N4O.ClH/c1-11(16)7-8-15(20)17-13-5-3-4-6-14(13)19-10-9-12(2)18-19;/h3-6,9-11H,7-8,16H2,1-2H3,(H,17,20);1H. The number of rotatable bonds is 5. The number of amides is 1. The van der Waals surface area contributed by atoms with E-state index in [-0.39, 0.29) is 24.4 Å². The first kappa shape index (κ1) is 17.2. The van der Waals surface area contributed by atoms with Crippen molar-refractivity contribution in [1.82, 2.24) is 9.78 Å². The number of carbonyl (C=O) groups is 1. The molecule has 0 spiro atoms. The zero-order chi connectivity index (χ0) is 14.5. The minimum absolute atomic E-state index is 0. The van der Waals surface area contributed by atoms with E-state index in [2.05, 4.69) is 10.4 Å². The molecular weight excluding hydrogens is 288 g/mol. The molecule has 1 aromatic heterocycles. The summed E-state index contributed by atoms with van der Waals surface area (Å²) in [6, 6.07) is 9.56.